The number of rotatable bonds is 8. The topological polar surface area (TPSA) is 97.4 Å². The van der Waals surface area contributed by atoms with E-state index in [1.807, 2.05) is 23.1 Å². The number of benzene rings is 2. The third-order valence-electron chi connectivity index (χ3n) is 6.54. The number of nitrogens with one attached hydrogen (secondary N) is 1. The highest BCUT2D eigenvalue weighted by Gasteiger charge is 2.34. The minimum atomic E-state index is -0.686. The van der Waals surface area contributed by atoms with E-state index in [0.717, 1.165) is 37.9 Å². The van der Waals surface area contributed by atoms with Gasteiger partial charge in [-0.1, -0.05) is 6.07 Å². The molecule has 1 saturated heterocycles. The van der Waals surface area contributed by atoms with Gasteiger partial charge < -0.3 is 24.4 Å². The van der Waals surface area contributed by atoms with Crippen molar-refractivity contribution in [3.63, 3.8) is 0 Å². The maximum Gasteiger partial charge on any atom is 0.268 e. The molecule has 1 fully saturated rings. The van der Waals surface area contributed by atoms with Gasteiger partial charge in [-0.25, -0.2) is 0 Å². The number of nitrogens with zero attached hydrogens (tertiary/aromatic N) is 2. The van der Waals surface area contributed by atoms with Crippen molar-refractivity contribution in [2.75, 3.05) is 44.1 Å². The minimum Gasteiger partial charge on any atom is -0.493 e. The van der Waals surface area contributed by atoms with E-state index in [9.17, 15) is 14.4 Å². The first kappa shape index (κ1) is 25.3. The predicted molar refractivity (Wildman–Crippen MR) is 136 cm³/mol. The van der Waals surface area contributed by atoms with Crippen molar-refractivity contribution in [2.45, 2.75) is 45.1 Å². The molecular weight excluding hydrogens is 462 g/mol. The average molecular weight is 496 g/mol. The first-order valence-electron chi connectivity index (χ1n) is 12.3. The molecule has 2 aromatic carbocycles. The van der Waals surface area contributed by atoms with Crippen molar-refractivity contribution < 1.29 is 28.6 Å². The number of methoxy groups -OCH3 is 2. The van der Waals surface area contributed by atoms with Gasteiger partial charge in [0, 0.05) is 25.2 Å². The highest BCUT2D eigenvalue weighted by Crippen LogP contribution is 2.36. The predicted octanol–water partition coefficient (Wildman–Crippen LogP) is 3.40. The zero-order chi connectivity index (χ0) is 25.7. The molecule has 192 valence electrons. The van der Waals surface area contributed by atoms with Gasteiger partial charge in [-0.2, -0.15) is 0 Å². The van der Waals surface area contributed by atoms with Gasteiger partial charge in [0.05, 0.1) is 19.9 Å². The van der Waals surface area contributed by atoms with Crippen LogP contribution in [0.5, 0.6) is 17.2 Å². The lowest BCUT2D eigenvalue weighted by atomic mass is 10.1. The van der Waals surface area contributed by atoms with Gasteiger partial charge in [0.15, 0.2) is 17.6 Å². The fraction of sp³-hybridized carbons (Fsp3) is 0.444. The van der Waals surface area contributed by atoms with Crippen LogP contribution in [0.25, 0.3) is 0 Å². The van der Waals surface area contributed by atoms with E-state index in [0.29, 0.717) is 35.0 Å². The number of carbonyl (C=O) groups is 3. The van der Waals surface area contributed by atoms with Crippen molar-refractivity contribution in [3.05, 3.63) is 42.0 Å². The Morgan fingerprint density at radius 3 is 2.50 bits per heavy atom. The number of amides is 3. The molecule has 36 heavy (non-hydrogen) atoms. The molecule has 1 atom stereocenters. The summed E-state index contributed by atoms with van der Waals surface area (Å²) in [6.07, 6.45) is 3.18. The number of likely N-dealkylation sites (tertiary alicyclic amines) is 1. The zero-order valence-electron chi connectivity index (χ0n) is 21.0. The molecule has 2 aliphatic rings. The Balaban J connectivity index is 1.43. The van der Waals surface area contributed by atoms with Crippen LogP contribution in [-0.2, 0) is 20.8 Å². The summed E-state index contributed by atoms with van der Waals surface area (Å²) in [5.74, 6) is 1.24. The Hall–Kier alpha value is -3.75. The standard InChI is InChI=1S/C27H33N3O6/c1-18-27(33)30(17-26(32)29-13-5-4-6-14-29)21-16-20(9-11-22(21)36-18)28-25(31)12-8-19-7-10-23(34-2)24(15-19)35-3/h7,9-11,15-16,18H,4-6,8,12-14,17H2,1-3H3,(H,28,31). The van der Waals surface area contributed by atoms with E-state index in [2.05, 4.69) is 5.32 Å². The second-order valence-corrected chi connectivity index (χ2v) is 9.05. The quantitative estimate of drug-likeness (QED) is 0.603. The Kier molecular flexibility index (Phi) is 7.97. The summed E-state index contributed by atoms with van der Waals surface area (Å²) < 4.78 is 16.3. The van der Waals surface area contributed by atoms with Crippen molar-refractivity contribution in [3.8, 4) is 17.2 Å². The van der Waals surface area contributed by atoms with Crippen LogP contribution in [0.4, 0.5) is 11.4 Å². The fourth-order valence-electron chi connectivity index (χ4n) is 4.54. The molecule has 3 amide bonds. The average Bonchev–Trinajstić information content (AvgIpc) is 2.90. The fourth-order valence-corrected chi connectivity index (χ4v) is 4.54. The molecular formula is C27H33N3O6. The van der Waals surface area contributed by atoms with Crippen molar-refractivity contribution in [1.82, 2.24) is 4.90 Å². The number of hydrogen-bond acceptors (Lipinski definition) is 6. The third kappa shape index (κ3) is 5.72. The Labute approximate surface area is 211 Å². The van der Waals surface area contributed by atoms with E-state index in [1.54, 1.807) is 39.3 Å². The molecule has 0 bridgehead atoms. The Morgan fingerprint density at radius 2 is 1.78 bits per heavy atom. The summed E-state index contributed by atoms with van der Waals surface area (Å²) in [5.41, 5.74) is 1.97. The number of anilines is 2. The number of fused-ring (bicyclic) bond motifs is 1. The van der Waals surface area contributed by atoms with Crippen LogP contribution >= 0.6 is 0 Å². The molecule has 9 nitrogen and oxygen atoms in total. The van der Waals surface area contributed by atoms with E-state index in [4.69, 9.17) is 14.2 Å². The van der Waals surface area contributed by atoms with Gasteiger partial charge in [0.25, 0.3) is 5.91 Å². The van der Waals surface area contributed by atoms with Gasteiger partial charge in [0.2, 0.25) is 11.8 Å². The molecule has 2 aromatic rings. The first-order chi connectivity index (χ1) is 17.4. The normalized spacial score (nSPS) is 17.2. The van der Waals surface area contributed by atoms with E-state index in [1.165, 1.54) is 4.90 Å². The number of piperidine rings is 1. The molecule has 1 N–H and O–H groups in total. The van der Waals surface area contributed by atoms with E-state index >= 15 is 0 Å². The maximum atomic E-state index is 12.9. The van der Waals surface area contributed by atoms with Gasteiger partial charge in [-0.05, 0) is 68.5 Å². The molecule has 9 heteroatoms. The maximum absolute atomic E-state index is 12.9. The second kappa shape index (κ2) is 11.3. The van der Waals surface area contributed by atoms with Crippen LogP contribution < -0.4 is 24.4 Å². The summed E-state index contributed by atoms with van der Waals surface area (Å²) in [6, 6.07) is 10.7. The lowest BCUT2D eigenvalue weighted by Gasteiger charge is -2.35. The van der Waals surface area contributed by atoms with Crippen molar-refractivity contribution in [2.24, 2.45) is 0 Å². The molecule has 2 aliphatic heterocycles. The number of carbonyl (C=O) groups excluding carboxylic acids is 3. The Bertz CT molecular complexity index is 1130. The molecule has 0 spiro atoms. The van der Waals surface area contributed by atoms with Crippen molar-refractivity contribution >= 4 is 29.1 Å². The van der Waals surface area contributed by atoms with Gasteiger partial charge in [0.1, 0.15) is 12.3 Å². The molecule has 0 aliphatic carbocycles. The summed E-state index contributed by atoms with van der Waals surface area (Å²) in [6.45, 7) is 3.07. The van der Waals surface area contributed by atoms with Gasteiger partial charge >= 0.3 is 0 Å². The third-order valence-corrected chi connectivity index (χ3v) is 6.54. The van der Waals surface area contributed by atoms with Crippen LogP contribution in [0, 0.1) is 0 Å². The first-order valence-corrected chi connectivity index (χ1v) is 12.3. The molecule has 0 aromatic heterocycles. The Morgan fingerprint density at radius 1 is 1.03 bits per heavy atom. The zero-order valence-corrected chi connectivity index (χ0v) is 21.0. The molecule has 4 rings (SSSR count). The number of aryl methyl sites for hydroxylation is 1. The van der Waals surface area contributed by atoms with Crippen molar-refractivity contribution in [1.29, 1.82) is 0 Å². The lowest BCUT2D eigenvalue weighted by molar-refractivity contribution is -0.133. The molecule has 0 saturated carbocycles. The summed E-state index contributed by atoms with van der Waals surface area (Å²) in [5, 5.41) is 2.89. The minimum absolute atomic E-state index is 0.0454. The largest absolute Gasteiger partial charge is 0.493 e. The van der Waals surface area contributed by atoms with Gasteiger partial charge in [-0.3, -0.25) is 19.3 Å². The molecule has 2 heterocycles. The highest BCUT2D eigenvalue weighted by molar-refractivity contribution is 6.04. The monoisotopic (exact) mass is 495 g/mol. The lowest BCUT2D eigenvalue weighted by Crippen LogP contribution is -2.50. The van der Waals surface area contributed by atoms with Crippen LogP contribution in [0.15, 0.2) is 36.4 Å². The highest BCUT2D eigenvalue weighted by atomic mass is 16.5. The van der Waals surface area contributed by atoms with E-state index in [-0.39, 0.29) is 30.7 Å². The smallest absolute Gasteiger partial charge is 0.268 e. The summed E-state index contributed by atoms with van der Waals surface area (Å²) in [7, 11) is 3.15. The molecule has 0 radical (unpaired) electrons. The van der Waals surface area contributed by atoms with Crippen LogP contribution in [-0.4, -0.2) is 62.6 Å². The van der Waals surface area contributed by atoms with Crippen LogP contribution in [0.2, 0.25) is 0 Å². The van der Waals surface area contributed by atoms with Gasteiger partial charge in [-0.15, -0.1) is 0 Å². The van der Waals surface area contributed by atoms with Crippen LogP contribution in [0.3, 0.4) is 0 Å². The second-order valence-electron chi connectivity index (χ2n) is 9.05. The molecule has 1 unspecified atom stereocenters. The number of hydrogen-bond donors (Lipinski definition) is 1. The van der Waals surface area contributed by atoms with Crippen LogP contribution in [0.1, 0.15) is 38.2 Å². The summed E-state index contributed by atoms with van der Waals surface area (Å²) >= 11 is 0. The van der Waals surface area contributed by atoms with E-state index < -0.39 is 6.10 Å². The number of ether oxygens (including phenoxy) is 3. The summed E-state index contributed by atoms with van der Waals surface area (Å²) in [4.78, 5) is 41.8. The SMILES string of the molecule is COc1ccc(CCC(=O)Nc2ccc3c(c2)N(CC(=O)N2CCCCC2)C(=O)C(C)O3)cc1OC.